The number of phenolic OH excluding ortho intramolecular Hbond substituents is 1. The normalized spacial score (nSPS) is 14.0. The first-order valence-corrected chi connectivity index (χ1v) is 8.26. The number of phenols is 1. The zero-order chi connectivity index (χ0) is 18.4. The van der Waals surface area contributed by atoms with Gasteiger partial charge in [-0.25, -0.2) is 14.8 Å². The predicted molar refractivity (Wildman–Crippen MR) is 96.0 cm³/mol. The van der Waals surface area contributed by atoms with Gasteiger partial charge in [0.2, 0.25) is 11.9 Å². The first-order valence-electron chi connectivity index (χ1n) is 8.26. The van der Waals surface area contributed by atoms with Crippen molar-refractivity contribution in [2.75, 3.05) is 42.9 Å². The zero-order valence-electron chi connectivity index (χ0n) is 14.1. The average Bonchev–Trinajstić information content (AvgIpc) is 2.69. The number of rotatable bonds is 4. The van der Waals surface area contributed by atoms with Gasteiger partial charge in [0.15, 0.2) is 0 Å². The highest BCUT2D eigenvalue weighted by Gasteiger charge is 2.22. The molecule has 2 heterocycles. The van der Waals surface area contributed by atoms with Crippen LogP contribution in [0.3, 0.4) is 0 Å². The van der Waals surface area contributed by atoms with E-state index in [0.717, 1.165) is 0 Å². The fourth-order valence-electron chi connectivity index (χ4n) is 2.61. The van der Waals surface area contributed by atoms with E-state index in [-0.39, 0.29) is 18.3 Å². The van der Waals surface area contributed by atoms with E-state index in [0.29, 0.717) is 37.8 Å². The number of aromatic hydroxyl groups is 1. The Kier molecular flexibility index (Phi) is 5.47. The highest BCUT2D eigenvalue weighted by Crippen LogP contribution is 2.21. The molecule has 9 heteroatoms. The predicted octanol–water partition coefficient (Wildman–Crippen LogP) is 0.653. The average molecular weight is 356 g/mol. The summed E-state index contributed by atoms with van der Waals surface area (Å²) in [5.41, 5.74) is 0.309. The van der Waals surface area contributed by atoms with E-state index in [1.54, 1.807) is 41.6 Å². The van der Waals surface area contributed by atoms with Crippen LogP contribution in [0.5, 0.6) is 5.75 Å². The molecule has 2 aromatic rings. The van der Waals surface area contributed by atoms with Crippen molar-refractivity contribution in [3.05, 3.63) is 42.7 Å². The molecule has 0 radical (unpaired) electrons. The molecule has 0 spiro atoms. The lowest BCUT2D eigenvalue weighted by Crippen LogP contribution is -2.53. The lowest BCUT2D eigenvalue weighted by Gasteiger charge is -2.34. The van der Waals surface area contributed by atoms with Crippen LogP contribution < -0.4 is 15.5 Å². The quantitative estimate of drug-likeness (QED) is 0.694. The summed E-state index contributed by atoms with van der Waals surface area (Å²) in [6.45, 7) is 2.12. The SMILES string of the molecule is O=C(CNC(=O)N1CCN(c2ncccn2)CC1)Nc1ccccc1O. The molecule has 26 heavy (non-hydrogen) atoms. The van der Waals surface area contributed by atoms with Crippen molar-refractivity contribution in [1.29, 1.82) is 0 Å². The molecule has 1 aromatic heterocycles. The van der Waals surface area contributed by atoms with Gasteiger partial charge >= 0.3 is 6.03 Å². The molecule has 136 valence electrons. The van der Waals surface area contributed by atoms with Crippen LogP contribution in [0.15, 0.2) is 42.7 Å². The summed E-state index contributed by atoms with van der Waals surface area (Å²) < 4.78 is 0. The molecule has 1 saturated heterocycles. The minimum atomic E-state index is -0.406. The fourth-order valence-corrected chi connectivity index (χ4v) is 2.61. The molecule has 0 saturated carbocycles. The van der Waals surface area contributed by atoms with E-state index in [4.69, 9.17) is 0 Å². The van der Waals surface area contributed by atoms with Crippen LogP contribution in [0.2, 0.25) is 0 Å². The molecule has 0 atom stereocenters. The zero-order valence-corrected chi connectivity index (χ0v) is 14.1. The Balaban J connectivity index is 1.43. The van der Waals surface area contributed by atoms with E-state index in [1.807, 2.05) is 4.90 Å². The maximum Gasteiger partial charge on any atom is 0.317 e. The lowest BCUT2D eigenvalue weighted by molar-refractivity contribution is -0.115. The van der Waals surface area contributed by atoms with Gasteiger partial charge in [-0.1, -0.05) is 12.1 Å². The Labute approximate surface area is 150 Å². The first kappa shape index (κ1) is 17.5. The van der Waals surface area contributed by atoms with Crippen LogP contribution in [-0.4, -0.2) is 64.6 Å². The highest BCUT2D eigenvalue weighted by molar-refractivity contribution is 5.95. The monoisotopic (exact) mass is 356 g/mol. The summed E-state index contributed by atoms with van der Waals surface area (Å²) >= 11 is 0. The molecule has 1 aliphatic heterocycles. The second kappa shape index (κ2) is 8.15. The van der Waals surface area contributed by atoms with Gasteiger partial charge in [-0.2, -0.15) is 0 Å². The number of carbonyl (C=O) groups excluding carboxylic acids is 2. The summed E-state index contributed by atoms with van der Waals surface area (Å²) in [5.74, 6) is 0.220. The van der Waals surface area contributed by atoms with Crippen molar-refractivity contribution in [3.63, 3.8) is 0 Å². The lowest BCUT2D eigenvalue weighted by atomic mass is 10.3. The molecule has 0 aliphatic carbocycles. The number of urea groups is 1. The Morgan fingerprint density at radius 1 is 1.04 bits per heavy atom. The molecule has 3 amide bonds. The van der Waals surface area contributed by atoms with Gasteiger partial charge < -0.3 is 25.5 Å². The second-order valence-electron chi connectivity index (χ2n) is 5.75. The van der Waals surface area contributed by atoms with E-state index >= 15 is 0 Å². The molecule has 9 nitrogen and oxygen atoms in total. The summed E-state index contributed by atoms with van der Waals surface area (Å²) in [7, 11) is 0. The number of hydrogen-bond acceptors (Lipinski definition) is 6. The van der Waals surface area contributed by atoms with Gasteiger partial charge in [-0.05, 0) is 18.2 Å². The molecular formula is C17H20N6O3. The number of aromatic nitrogens is 2. The van der Waals surface area contributed by atoms with Gasteiger partial charge in [0, 0.05) is 38.6 Å². The summed E-state index contributed by atoms with van der Waals surface area (Å²) in [6, 6.07) is 7.87. The number of piperazine rings is 1. The Morgan fingerprint density at radius 3 is 2.42 bits per heavy atom. The number of carbonyl (C=O) groups is 2. The number of amides is 3. The summed E-state index contributed by atoms with van der Waals surface area (Å²) in [4.78, 5) is 36.2. The van der Waals surface area contributed by atoms with Crippen molar-refractivity contribution in [3.8, 4) is 5.75 Å². The molecule has 1 aliphatic rings. The van der Waals surface area contributed by atoms with Crippen molar-refractivity contribution >= 4 is 23.6 Å². The largest absolute Gasteiger partial charge is 0.506 e. The van der Waals surface area contributed by atoms with Crippen molar-refractivity contribution < 1.29 is 14.7 Å². The number of benzene rings is 1. The van der Waals surface area contributed by atoms with Crippen LogP contribution in [0.1, 0.15) is 0 Å². The molecular weight excluding hydrogens is 336 g/mol. The molecule has 0 bridgehead atoms. The third-order valence-corrected chi connectivity index (χ3v) is 3.98. The fraction of sp³-hybridized carbons (Fsp3) is 0.294. The highest BCUT2D eigenvalue weighted by atomic mass is 16.3. The third-order valence-electron chi connectivity index (χ3n) is 3.98. The van der Waals surface area contributed by atoms with Gasteiger partial charge in [0.05, 0.1) is 12.2 Å². The minimum absolute atomic E-state index is 0.0218. The third kappa shape index (κ3) is 4.38. The Hall–Kier alpha value is -3.36. The molecule has 1 aromatic carbocycles. The number of anilines is 2. The number of nitrogens with one attached hydrogen (secondary N) is 2. The van der Waals surface area contributed by atoms with Gasteiger partial charge in [0.1, 0.15) is 5.75 Å². The Bertz CT molecular complexity index is 762. The van der Waals surface area contributed by atoms with Gasteiger partial charge in [0.25, 0.3) is 0 Å². The van der Waals surface area contributed by atoms with Gasteiger partial charge in [-0.15, -0.1) is 0 Å². The summed E-state index contributed by atoms with van der Waals surface area (Å²) in [6.07, 6.45) is 3.37. The topological polar surface area (TPSA) is 111 Å². The van der Waals surface area contributed by atoms with E-state index in [9.17, 15) is 14.7 Å². The number of hydrogen-bond donors (Lipinski definition) is 3. The van der Waals surface area contributed by atoms with Crippen molar-refractivity contribution in [2.45, 2.75) is 0 Å². The Morgan fingerprint density at radius 2 is 1.73 bits per heavy atom. The van der Waals surface area contributed by atoms with Crippen LogP contribution in [0, 0.1) is 0 Å². The smallest absolute Gasteiger partial charge is 0.317 e. The molecule has 1 fully saturated rings. The first-order chi connectivity index (χ1) is 12.6. The molecule has 0 unspecified atom stereocenters. The van der Waals surface area contributed by atoms with Crippen LogP contribution in [0.25, 0.3) is 0 Å². The van der Waals surface area contributed by atoms with Crippen LogP contribution in [0.4, 0.5) is 16.4 Å². The van der Waals surface area contributed by atoms with Crippen molar-refractivity contribution in [1.82, 2.24) is 20.2 Å². The standard InChI is InChI=1S/C17H20N6O3/c24-14-5-2-1-4-13(14)21-15(25)12-20-17(26)23-10-8-22(9-11-23)16-18-6-3-7-19-16/h1-7,24H,8-12H2,(H,20,26)(H,21,25). The van der Waals surface area contributed by atoms with Crippen LogP contribution >= 0.6 is 0 Å². The van der Waals surface area contributed by atoms with E-state index in [1.165, 1.54) is 6.07 Å². The maximum atomic E-state index is 12.2. The number of nitrogens with zero attached hydrogens (tertiary/aromatic N) is 4. The van der Waals surface area contributed by atoms with E-state index in [2.05, 4.69) is 20.6 Å². The second-order valence-corrected chi connectivity index (χ2v) is 5.75. The molecule has 3 N–H and O–H groups in total. The molecule has 3 rings (SSSR count). The number of para-hydroxylation sites is 2. The van der Waals surface area contributed by atoms with E-state index < -0.39 is 5.91 Å². The maximum absolute atomic E-state index is 12.2. The minimum Gasteiger partial charge on any atom is -0.506 e. The van der Waals surface area contributed by atoms with Gasteiger partial charge in [-0.3, -0.25) is 4.79 Å². The van der Waals surface area contributed by atoms with Crippen molar-refractivity contribution in [2.24, 2.45) is 0 Å². The summed E-state index contributed by atoms with van der Waals surface area (Å²) in [5, 5.41) is 14.8. The van der Waals surface area contributed by atoms with Crippen LogP contribution in [-0.2, 0) is 4.79 Å².